The third kappa shape index (κ3) is 3.56. The Kier molecular flexibility index (Phi) is 5.24. The van der Waals surface area contributed by atoms with Gasteiger partial charge < -0.3 is 4.90 Å². The highest BCUT2D eigenvalue weighted by molar-refractivity contribution is 7.89. The number of sulfonamides is 1. The first-order chi connectivity index (χ1) is 9.86. The quantitative estimate of drug-likeness (QED) is 0.793. The van der Waals surface area contributed by atoms with Gasteiger partial charge in [0.1, 0.15) is 5.82 Å². The van der Waals surface area contributed by atoms with Crippen LogP contribution in [0.1, 0.15) is 18.4 Å². The van der Waals surface area contributed by atoms with Crippen LogP contribution in [0.25, 0.3) is 0 Å². The lowest BCUT2D eigenvalue weighted by molar-refractivity contribution is 0.196. The maximum Gasteiger partial charge on any atom is 0.243 e. The van der Waals surface area contributed by atoms with E-state index in [1.165, 1.54) is 16.4 Å². The molecule has 0 saturated carbocycles. The lowest BCUT2D eigenvalue weighted by Crippen LogP contribution is -2.44. The molecule has 1 aliphatic rings. The molecule has 7 heteroatoms. The molecular weight excluding hydrogens is 315 g/mol. The van der Waals surface area contributed by atoms with Gasteiger partial charge in [-0.2, -0.15) is 4.31 Å². The van der Waals surface area contributed by atoms with Gasteiger partial charge in [0.15, 0.2) is 0 Å². The molecule has 1 heterocycles. The van der Waals surface area contributed by atoms with Gasteiger partial charge in [-0.3, -0.25) is 0 Å². The predicted octanol–water partition coefficient (Wildman–Crippen LogP) is 2.28. The molecule has 0 amide bonds. The van der Waals surface area contributed by atoms with Crippen LogP contribution in [0, 0.1) is 5.82 Å². The number of halogens is 2. The monoisotopic (exact) mass is 334 g/mol. The topological polar surface area (TPSA) is 40.6 Å². The third-order valence-electron chi connectivity index (χ3n) is 3.95. The van der Waals surface area contributed by atoms with E-state index in [9.17, 15) is 12.8 Å². The Bertz CT molecular complexity index is 599. The number of alkyl halides is 1. The molecular formula is C14H20ClFN2O2S. The van der Waals surface area contributed by atoms with E-state index in [1.807, 2.05) is 14.1 Å². The van der Waals surface area contributed by atoms with Crippen LogP contribution < -0.4 is 0 Å². The molecule has 1 saturated heterocycles. The molecule has 118 valence electrons. The summed E-state index contributed by atoms with van der Waals surface area (Å²) in [6, 6.07) is 4.20. The summed E-state index contributed by atoms with van der Waals surface area (Å²) < 4.78 is 40.1. The zero-order valence-electron chi connectivity index (χ0n) is 12.2. The van der Waals surface area contributed by atoms with Gasteiger partial charge in [0.2, 0.25) is 10.0 Å². The summed E-state index contributed by atoms with van der Waals surface area (Å²) in [6.07, 6.45) is 1.60. The second-order valence-electron chi connectivity index (χ2n) is 5.49. The van der Waals surface area contributed by atoms with Gasteiger partial charge in [-0.25, -0.2) is 12.8 Å². The first-order valence-electron chi connectivity index (χ1n) is 6.87. The average molecular weight is 335 g/mol. The normalized spacial score (nSPS) is 18.3. The Labute approximate surface area is 130 Å². The van der Waals surface area contributed by atoms with Crippen LogP contribution in [-0.2, 0) is 15.9 Å². The number of benzene rings is 1. The van der Waals surface area contributed by atoms with Crippen LogP contribution in [0.2, 0.25) is 0 Å². The van der Waals surface area contributed by atoms with Crippen molar-refractivity contribution in [1.82, 2.24) is 9.21 Å². The first kappa shape index (κ1) is 16.7. The fourth-order valence-electron chi connectivity index (χ4n) is 2.56. The van der Waals surface area contributed by atoms with Crippen LogP contribution in [0.5, 0.6) is 0 Å². The summed E-state index contributed by atoms with van der Waals surface area (Å²) >= 11 is 5.64. The van der Waals surface area contributed by atoms with Crippen LogP contribution in [0.15, 0.2) is 23.1 Å². The molecule has 1 aromatic rings. The lowest BCUT2D eigenvalue weighted by Gasteiger charge is -2.34. The molecule has 0 atom stereocenters. The van der Waals surface area contributed by atoms with Gasteiger partial charge in [0.05, 0.1) is 10.8 Å². The maximum atomic E-state index is 13.4. The minimum atomic E-state index is -3.57. The van der Waals surface area contributed by atoms with Crippen molar-refractivity contribution in [3.63, 3.8) is 0 Å². The van der Waals surface area contributed by atoms with Crippen molar-refractivity contribution in [2.24, 2.45) is 0 Å². The Balaban J connectivity index is 2.19. The van der Waals surface area contributed by atoms with Gasteiger partial charge in [-0.05, 0) is 45.1 Å². The minimum Gasteiger partial charge on any atom is -0.306 e. The highest BCUT2D eigenvalue weighted by Gasteiger charge is 2.30. The van der Waals surface area contributed by atoms with Crippen molar-refractivity contribution in [1.29, 1.82) is 0 Å². The van der Waals surface area contributed by atoms with Crippen molar-refractivity contribution in [3.8, 4) is 0 Å². The number of hydrogen-bond acceptors (Lipinski definition) is 3. The average Bonchev–Trinajstić information content (AvgIpc) is 2.47. The van der Waals surface area contributed by atoms with Crippen molar-refractivity contribution in [2.75, 3.05) is 27.2 Å². The van der Waals surface area contributed by atoms with E-state index in [0.29, 0.717) is 19.1 Å². The molecule has 0 aromatic heterocycles. The van der Waals surface area contributed by atoms with Gasteiger partial charge >= 0.3 is 0 Å². The van der Waals surface area contributed by atoms with E-state index >= 15 is 0 Å². The SMILES string of the molecule is CN(C)C1CCN(S(=O)(=O)c2ccc(F)c(CCl)c2)CC1. The molecule has 1 aliphatic heterocycles. The summed E-state index contributed by atoms with van der Waals surface area (Å²) in [5.74, 6) is -0.520. The largest absolute Gasteiger partial charge is 0.306 e. The number of nitrogens with zero attached hydrogens (tertiary/aromatic N) is 2. The van der Waals surface area contributed by atoms with Crippen LogP contribution in [0.4, 0.5) is 4.39 Å². The summed E-state index contributed by atoms with van der Waals surface area (Å²) in [6.45, 7) is 0.970. The molecule has 4 nitrogen and oxygen atoms in total. The van der Waals surface area contributed by atoms with E-state index in [0.717, 1.165) is 18.9 Å². The van der Waals surface area contributed by atoms with Gasteiger partial charge in [-0.1, -0.05) is 0 Å². The molecule has 0 bridgehead atoms. The number of rotatable bonds is 4. The summed E-state index contributed by atoms with van der Waals surface area (Å²) in [5.41, 5.74) is 0.209. The third-order valence-corrected chi connectivity index (χ3v) is 6.14. The molecule has 0 aliphatic carbocycles. The molecule has 2 rings (SSSR count). The van der Waals surface area contributed by atoms with E-state index in [1.54, 1.807) is 0 Å². The smallest absolute Gasteiger partial charge is 0.243 e. The van der Waals surface area contributed by atoms with Crippen molar-refractivity contribution in [2.45, 2.75) is 29.7 Å². The second-order valence-corrected chi connectivity index (χ2v) is 7.69. The molecule has 1 aromatic carbocycles. The second kappa shape index (κ2) is 6.60. The number of piperidine rings is 1. The van der Waals surface area contributed by atoms with Crippen LogP contribution in [-0.4, -0.2) is 50.8 Å². The predicted molar refractivity (Wildman–Crippen MR) is 81.4 cm³/mol. The van der Waals surface area contributed by atoms with E-state index in [4.69, 9.17) is 11.6 Å². The molecule has 0 radical (unpaired) electrons. The molecule has 21 heavy (non-hydrogen) atoms. The van der Waals surface area contributed by atoms with E-state index in [2.05, 4.69) is 4.90 Å². The Morgan fingerprint density at radius 1 is 1.33 bits per heavy atom. The first-order valence-corrected chi connectivity index (χ1v) is 8.84. The van der Waals surface area contributed by atoms with Gasteiger partial charge in [-0.15, -0.1) is 11.6 Å². The highest BCUT2D eigenvalue weighted by Crippen LogP contribution is 2.24. The number of hydrogen-bond donors (Lipinski definition) is 0. The van der Waals surface area contributed by atoms with Gasteiger partial charge in [0, 0.05) is 24.7 Å². The van der Waals surface area contributed by atoms with Crippen LogP contribution >= 0.6 is 11.6 Å². The minimum absolute atomic E-state index is 0.0438. The maximum absolute atomic E-state index is 13.4. The summed E-state index contributed by atoms with van der Waals surface area (Å²) in [7, 11) is 0.432. The molecule has 1 fully saturated rings. The molecule has 0 unspecified atom stereocenters. The molecule has 0 spiro atoms. The van der Waals surface area contributed by atoms with Gasteiger partial charge in [0.25, 0.3) is 0 Å². The van der Waals surface area contributed by atoms with E-state index < -0.39 is 15.8 Å². The molecule has 0 N–H and O–H groups in total. The summed E-state index contributed by atoms with van der Waals surface area (Å²) in [5, 5.41) is 0. The van der Waals surface area contributed by atoms with Crippen molar-refractivity contribution in [3.05, 3.63) is 29.6 Å². The standard InChI is InChI=1S/C14H20ClFN2O2S/c1-17(2)12-5-7-18(8-6-12)21(19,20)13-3-4-14(16)11(9-13)10-15/h3-4,9,12H,5-8,10H2,1-2H3. The van der Waals surface area contributed by atoms with Crippen molar-refractivity contribution < 1.29 is 12.8 Å². The van der Waals surface area contributed by atoms with E-state index in [-0.39, 0.29) is 16.3 Å². The van der Waals surface area contributed by atoms with Crippen molar-refractivity contribution >= 4 is 21.6 Å². The fourth-order valence-corrected chi connectivity index (χ4v) is 4.29. The summed E-state index contributed by atoms with van der Waals surface area (Å²) in [4.78, 5) is 2.23. The Hall–Kier alpha value is -0.690. The Morgan fingerprint density at radius 2 is 1.95 bits per heavy atom. The zero-order valence-corrected chi connectivity index (χ0v) is 13.8. The highest BCUT2D eigenvalue weighted by atomic mass is 35.5. The van der Waals surface area contributed by atoms with Crippen LogP contribution in [0.3, 0.4) is 0 Å². The lowest BCUT2D eigenvalue weighted by atomic mass is 10.1. The Morgan fingerprint density at radius 3 is 2.48 bits per heavy atom. The fraction of sp³-hybridized carbons (Fsp3) is 0.571. The zero-order chi connectivity index (χ0) is 15.6.